The summed E-state index contributed by atoms with van der Waals surface area (Å²) >= 11 is 0. The minimum absolute atomic E-state index is 0.103. The lowest BCUT2D eigenvalue weighted by Gasteiger charge is -2.33. The number of nitrogens with zero attached hydrogens (tertiary/aromatic N) is 6. The fraction of sp³-hybridized carbons (Fsp3) is 0.524. The van der Waals surface area contributed by atoms with E-state index in [-0.39, 0.29) is 17.7 Å². The van der Waals surface area contributed by atoms with Gasteiger partial charge in [-0.2, -0.15) is 8.78 Å². The van der Waals surface area contributed by atoms with Crippen molar-refractivity contribution in [3.8, 4) is 5.88 Å². The van der Waals surface area contributed by atoms with Gasteiger partial charge in [-0.3, -0.25) is 4.79 Å². The van der Waals surface area contributed by atoms with Crippen molar-refractivity contribution in [2.75, 3.05) is 36.0 Å². The van der Waals surface area contributed by atoms with E-state index in [0.717, 1.165) is 48.1 Å². The molecule has 1 atom stereocenters. The van der Waals surface area contributed by atoms with Crippen molar-refractivity contribution in [1.82, 2.24) is 19.9 Å². The van der Waals surface area contributed by atoms with Crippen LogP contribution < -0.4 is 14.5 Å². The van der Waals surface area contributed by atoms with Crippen LogP contribution >= 0.6 is 0 Å². The Kier molecular flexibility index (Phi) is 5.07. The Hall–Kier alpha value is -3.04. The second-order valence-corrected chi connectivity index (χ2v) is 8.22. The Bertz CT molecular complexity index is 1000. The number of halogens is 2. The molecule has 2 aromatic heterocycles. The van der Waals surface area contributed by atoms with Crippen LogP contribution in [0.1, 0.15) is 29.9 Å². The number of hydrogen-bond acceptors (Lipinski definition) is 7. The second kappa shape index (κ2) is 7.90. The van der Waals surface area contributed by atoms with E-state index in [1.54, 1.807) is 6.07 Å². The first kappa shape index (κ1) is 19.9. The van der Waals surface area contributed by atoms with Gasteiger partial charge >= 0.3 is 6.61 Å². The van der Waals surface area contributed by atoms with E-state index in [9.17, 15) is 13.6 Å². The fourth-order valence-corrected chi connectivity index (χ4v) is 4.51. The highest BCUT2D eigenvalue weighted by Crippen LogP contribution is 2.34. The number of amides is 1. The van der Waals surface area contributed by atoms with Crippen molar-refractivity contribution in [2.24, 2.45) is 5.92 Å². The molecule has 0 radical (unpaired) electrons. The van der Waals surface area contributed by atoms with Crippen molar-refractivity contribution in [1.29, 1.82) is 0 Å². The lowest BCUT2D eigenvalue weighted by atomic mass is 10.1. The molecular formula is C21H24F2N6O2. The number of hydrogen-bond donors (Lipinski definition) is 0. The van der Waals surface area contributed by atoms with E-state index in [1.165, 1.54) is 12.3 Å². The Balaban J connectivity index is 1.27. The fourth-order valence-electron chi connectivity index (χ4n) is 4.51. The number of anilines is 2. The molecule has 0 aliphatic carbocycles. The molecule has 2 fully saturated rings. The van der Waals surface area contributed by atoms with E-state index in [1.807, 2.05) is 16.7 Å². The van der Waals surface area contributed by atoms with Gasteiger partial charge in [-0.05, 0) is 25.8 Å². The summed E-state index contributed by atoms with van der Waals surface area (Å²) in [7, 11) is 0. The molecule has 5 heterocycles. The van der Waals surface area contributed by atoms with Crippen molar-refractivity contribution in [3.05, 3.63) is 35.4 Å². The quantitative estimate of drug-likeness (QED) is 0.721. The number of ether oxygens (including phenoxy) is 1. The predicted octanol–water partition coefficient (Wildman–Crippen LogP) is 2.36. The number of carbonyl (C=O) groups excluding carboxylic acids is 1. The van der Waals surface area contributed by atoms with E-state index in [2.05, 4.69) is 24.6 Å². The first-order chi connectivity index (χ1) is 15.0. The van der Waals surface area contributed by atoms with Gasteiger partial charge in [0.05, 0.1) is 24.7 Å². The van der Waals surface area contributed by atoms with Crippen LogP contribution in [0.15, 0.2) is 18.3 Å². The van der Waals surface area contributed by atoms with E-state index in [4.69, 9.17) is 0 Å². The maximum Gasteiger partial charge on any atom is 0.388 e. The second-order valence-electron chi connectivity index (χ2n) is 8.22. The van der Waals surface area contributed by atoms with Crippen LogP contribution in [0.25, 0.3) is 0 Å². The summed E-state index contributed by atoms with van der Waals surface area (Å²) in [6.45, 7) is 3.23. The number of pyridine rings is 1. The molecule has 0 saturated carbocycles. The Morgan fingerprint density at radius 3 is 2.77 bits per heavy atom. The molecule has 31 heavy (non-hydrogen) atoms. The topological polar surface area (TPSA) is 74.7 Å². The standard InChI is InChI=1S/C21H24F2N6O2/c1-13-25-17-12-29(11-16(17)19(26-13)27-6-2-7-27)20(30)14-4-8-28(10-14)15-3-5-24-18(9-15)31-21(22)23/h3,5,9,14,21H,2,4,6-8,10-12H2,1H3. The van der Waals surface area contributed by atoms with Crippen LogP contribution in [-0.4, -0.2) is 58.5 Å². The maximum atomic E-state index is 13.3. The minimum Gasteiger partial charge on any atom is -0.417 e. The third-order valence-electron chi connectivity index (χ3n) is 6.17. The van der Waals surface area contributed by atoms with Crippen molar-refractivity contribution in [3.63, 3.8) is 0 Å². The molecule has 0 aromatic carbocycles. The molecule has 1 unspecified atom stereocenters. The first-order valence-corrected chi connectivity index (χ1v) is 10.5. The Morgan fingerprint density at radius 2 is 2.03 bits per heavy atom. The molecule has 8 nitrogen and oxygen atoms in total. The van der Waals surface area contributed by atoms with Gasteiger partial charge in [-0.25, -0.2) is 15.0 Å². The monoisotopic (exact) mass is 430 g/mol. The highest BCUT2D eigenvalue weighted by Gasteiger charge is 2.36. The maximum absolute atomic E-state index is 13.3. The highest BCUT2D eigenvalue weighted by atomic mass is 19.3. The lowest BCUT2D eigenvalue weighted by molar-refractivity contribution is -0.135. The van der Waals surface area contributed by atoms with E-state index < -0.39 is 6.61 Å². The average molecular weight is 430 g/mol. The molecule has 2 saturated heterocycles. The zero-order valence-corrected chi connectivity index (χ0v) is 17.3. The summed E-state index contributed by atoms with van der Waals surface area (Å²) in [4.78, 5) is 32.4. The van der Waals surface area contributed by atoms with Gasteiger partial charge in [0.25, 0.3) is 0 Å². The zero-order valence-electron chi connectivity index (χ0n) is 17.3. The summed E-state index contributed by atoms with van der Waals surface area (Å²) in [5.74, 6) is 1.54. The smallest absolute Gasteiger partial charge is 0.388 e. The van der Waals surface area contributed by atoms with Crippen molar-refractivity contribution < 1.29 is 18.3 Å². The molecule has 164 valence electrons. The third kappa shape index (κ3) is 3.86. The molecule has 10 heteroatoms. The van der Waals surface area contributed by atoms with E-state index >= 15 is 0 Å². The first-order valence-electron chi connectivity index (χ1n) is 10.5. The van der Waals surface area contributed by atoms with Gasteiger partial charge in [-0.15, -0.1) is 0 Å². The number of fused-ring (bicyclic) bond motifs is 1. The zero-order chi connectivity index (χ0) is 21.5. The molecule has 2 aromatic rings. The number of aryl methyl sites for hydroxylation is 1. The van der Waals surface area contributed by atoms with Crippen LogP contribution in [0.5, 0.6) is 5.88 Å². The van der Waals surface area contributed by atoms with Crippen LogP contribution in [0, 0.1) is 12.8 Å². The lowest BCUT2D eigenvalue weighted by Crippen LogP contribution is -2.39. The summed E-state index contributed by atoms with van der Waals surface area (Å²) in [5.41, 5.74) is 2.74. The van der Waals surface area contributed by atoms with Crippen LogP contribution in [0.2, 0.25) is 0 Å². The summed E-state index contributed by atoms with van der Waals surface area (Å²) in [5, 5.41) is 0. The molecule has 0 N–H and O–H groups in total. The molecular weight excluding hydrogens is 406 g/mol. The number of rotatable bonds is 5. The summed E-state index contributed by atoms with van der Waals surface area (Å²) < 4.78 is 29.3. The van der Waals surface area contributed by atoms with Crippen LogP contribution in [-0.2, 0) is 17.9 Å². The van der Waals surface area contributed by atoms with Gasteiger partial charge in [0, 0.05) is 49.7 Å². The molecule has 1 amide bonds. The predicted molar refractivity (Wildman–Crippen MR) is 109 cm³/mol. The number of aromatic nitrogens is 3. The Morgan fingerprint density at radius 1 is 1.19 bits per heavy atom. The molecule has 0 bridgehead atoms. The van der Waals surface area contributed by atoms with Gasteiger partial charge in [-0.1, -0.05) is 0 Å². The molecule has 3 aliphatic heterocycles. The summed E-state index contributed by atoms with van der Waals surface area (Å²) in [6, 6.07) is 3.23. The molecule has 5 rings (SSSR count). The largest absolute Gasteiger partial charge is 0.417 e. The normalized spacial score (nSPS) is 20.3. The van der Waals surface area contributed by atoms with Gasteiger partial charge in [0.1, 0.15) is 11.6 Å². The SMILES string of the molecule is Cc1nc2c(c(N3CCC3)n1)CN(C(=O)C1CCN(c3ccnc(OC(F)F)c3)C1)C2. The average Bonchev–Trinajstić information content (AvgIpc) is 3.33. The molecule has 3 aliphatic rings. The molecule has 0 spiro atoms. The van der Waals surface area contributed by atoms with Crippen molar-refractivity contribution in [2.45, 2.75) is 39.5 Å². The van der Waals surface area contributed by atoms with Gasteiger partial charge in [0.15, 0.2) is 0 Å². The number of carbonyl (C=O) groups is 1. The van der Waals surface area contributed by atoms with Crippen LogP contribution in [0.4, 0.5) is 20.3 Å². The van der Waals surface area contributed by atoms with Gasteiger partial charge in [0.2, 0.25) is 11.8 Å². The van der Waals surface area contributed by atoms with Crippen LogP contribution in [0.3, 0.4) is 0 Å². The summed E-state index contributed by atoms with van der Waals surface area (Å²) in [6.07, 6.45) is 3.32. The van der Waals surface area contributed by atoms with Gasteiger partial charge < -0.3 is 19.4 Å². The third-order valence-corrected chi connectivity index (χ3v) is 6.17. The Labute approximate surface area is 178 Å². The highest BCUT2D eigenvalue weighted by molar-refractivity contribution is 5.81. The van der Waals surface area contributed by atoms with Crippen molar-refractivity contribution >= 4 is 17.4 Å². The minimum atomic E-state index is -2.92. The van der Waals surface area contributed by atoms with E-state index in [0.29, 0.717) is 32.6 Å². The number of alkyl halides is 2.